The maximum atomic E-state index is 14.9. The van der Waals surface area contributed by atoms with Crippen LogP contribution in [-0.4, -0.2) is 65.6 Å². The maximum absolute atomic E-state index is 14.9. The van der Waals surface area contributed by atoms with Crippen molar-refractivity contribution in [1.29, 1.82) is 0 Å². The number of hydrazone groups is 1. The van der Waals surface area contributed by atoms with E-state index in [9.17, 15) is 17.6 Å². The van der Waals surface area contributed by atoms with Gasteiger partial charge in [-0.05, 0) is 43.7 Å². The summed E-state index contributed by atoms with van der Waals surface area (Å²) in [6, 6.07) is 4.59. The number of methoxy groups -OCH3 is 1. The summed E-state index contributed by atoms with van der Waals surface area (Å²) in [7, 11) is 2.94. The molecule has 0 bridgehead atoms. The molecule has 13 heteroatoms. The van der Waals surface area contributed by atoms with E-state index in [1.54, 1.807) is 23.5 Å². The first-order valence-electron chi connectivity index (χ1n) is 12.6. The fraction of sp³-hybridized carbons (Fsp3) is 0.370. The van der Waals surface area contributed by atoms with Crippen LogP contribution >= 0.6 is 0 Å². The van der Waals surface area contributed by atoms with Gasteiger partial charge in [0.15, 0.2) is 11.5 Å². The Morgan fingerprint density at radius 3 is 2.77 bits per heavy atom. The van der Waals surface area contributed by atoms with Crippen molar-refractivity contribution in [2.75, 3.05) is 20.7 Å². The van der Waals surface area contributed by atoms with E-state index >= 15 is 0 Å². The molecule has 0 unspecified atom stereocenters. The normalized spacial score (nSPS) is 19.1. The molecule has 0 amide bonds. The maximum Gasteiger partial charge on any atom is 0.434 e. The standard InChI is InChI=1S/C27H30F4N8O/c1-32-22(27(29,30)31)16-38(2)15-20-8-7-18(13-21(20)28)14-36-39-12-6-4-5-11-33-25(37-39)23-24(19-9-10-19)34-17-35-26(23)40-3/h4-5,7-8,11,13,16-17,19,36H,1,6,9-10,12,14-15H2,2-3H3/b5-4+,22-16-,33-11+,37-25-. The zero-order valence-corrected chi connectivity index (χ0v) is 22.2. The second-order valence-electron chi connectivity index (χ2n) is 9.31. The zero-order valence-electron chi connectivity index (χ0n) is 22.2. The van der Waals surface area contributed by atoms with Crippen molar-refractivity contribution in [3.05, 3.63) is 76.8 Å². The highest BCUT2D eigenvalue weighted by Gasteiger charge is 2.34. The van der Waals surface area contributed by atoms with E-state index in [2.05, 4.69) is 32.1 Å². The monoisotopic (exact) mass is 558 g/mol. The van der Waals surface area contributed by atoms with Gasteiger partial charge in [0.05, 0.1) is 19.3 Å². The van der Waals surface area contributed by atoms with Gasteiger partial charge in [0.2, 0.25) is 5.88 Å². The Hall–Kier alpha value is -4.13. The second-order valence-corrected chi connectivity index (χ2v) is 9.31. The molecule has 0 atom stereocenters. The molecule has 2 aliphatic rings. The summed E-state index contributed by atoms with van der Waals surface area (Å²) in [5, 5.41) is 6.36. The fourth-order valence-electron chi connectivity index (χ4n) is 4.04. The van der Waals surface area contributed by atoms with Crippen molar-refractivity contribution < 1.29 is 22.3 Å². The lowest BCUT2D eigenvalue weighted by Gasteiger charge is -2.21. The Labute approximate surface area is 229 Å². The molecular formula is C27H30F4N8O. The largest absolute Gasteiger partial charge is 0.480 e. The van der Waals surface area contributed by atoms with Crippen molar-refractivity contribution in [3.8, 4) is 5.88 Å². The van der Waals surface area contributed by atoms with Crippen LogP contribution in [0.2, 0.25) is 0 Å². The third kappa shape index (κ3) is 7.50. The second kappa shape index (κ2) is 12.8. The number of hydrogen-bond donors (Lipinski definition) is 1. The van der Waals surface area contributed by atoms with Gasteiger partial charge in [-0.15, -0.1) is 5.10 Å². The molecule has 2 aromatic rings. The minimum Gasteiger partial charge on any atom is -0.480 e. The number of nitrogens with one attached hydrogen (secondary N) is 1. The number of alkyl halides is 3. The quantitative estimate of drug-likeness (QED) is 0.335. The van der Waals surface area contributed by atoms with E-state index in [0.717, 1.165) is 24.7 Å². The molecule has 212 valence electrons. The Morgan fingerprint density at radius 1 is 1.30 bits per heavy atom. The number of aliphatic imine (C=N–C) groups is 2. The summed E-state index contributed by atoms with van der Waals surface area (Å²) < 4.78 is 59.2. The predicted molar refractivity (Wildman–Crippen MR) is 144 cm³/mol. The Bertz CT molecular complexity index is 1330. The number of halogens is 4. The number of aromatic nitrogens is 2. The van der Waals surface area contributed by atoms with E-state index in [4.69, 9.17) is 9.84 Å². The highest BCUT2D eigenvalue weighted by atomic mass is 19.4. The van der Waals surface area contributed by atoms with Gasteiger partial charge in [-0.1, -0.05) is 18.2 Å². The number of benzene rings is 1. The van der Waals surface area contributed by atoms with Crippen LogP contribution in [0.5, 0.6) is 5.88 Å². The summed E-state index contributed by atoms with van der Waals surface area (Å²) in [5.41, 5.74) is 4.39. The van der Waals surface area contributed by atoms with E-state index < -0.39 is 17.7 Å². The number of amidine groups is 1. The molecule has 1 aliphatic heterocycles. The smallest absolute Gasteiger partial charge is 0.434 e. The Morgan fingerprint density at radius 2 is 2.10 bits per heavy atom. The molecule has 9 nitrogen and oxygen atoms in total. The van der Waals surface area contributed by atoms with Crippen molar-refractivity contribution in [1.82, 2.24) is 25.4 Å². The molecule has 1 saturated carbocycles. The number of hydrazine groups is 1. The molecule has 1 aromatic carbocycles. The highest BCUT2D eigenvalue weighted by Crippen LogP contribution is 2.42. The minimum absolute atomic E-state index is 0.0803. The number of rotatable bonds is 10. The SMILES string of the molecule is C=N/C(=C\N(C)Cc1ccc(CNN2CC/C=C/C=N/C(c3c(OC)ncnc3C3CC3)=N\2)cc1F)C(F)(F)F. The van der Waals surface area contributed by atoms with Gasteiger partial charge in [0.1, 0.15) is 17.7 Å². The van der Waals surface area contributed by atoms with Crippen molar-refractivity contribution in [2.24, 2.45) is 15.1 Å². The van der Waals surface area contributed by atoms with E-state index in [0.29, 0.717) is 41.7 Å². The molecule has 1 aromatic heterocycles. The van der Waals surface area contributed by atoms with E-state index in [1.165, 1.54) is 31.5 Å². The van der Waals surface area contributed by atoms with Gasteiger partial charge in [0.25, 0.3) is 0 Å². The van der Waals surface area contributed by atoms with E-state index in [1.807, 2.05) is 12.2 Å². The predicted octanol–water partition coefficient (Wildman–Crippen LogP) is 4.74. The molecule has 0 radical (unpaired) electrons. The molecule has 1 aliphatic carbocycles. The van der Waals surface area contributed by atoms with Gasteiger partial charge < -0.3 is 9.64 Å². The van der Waals surface area contributed by atoms with Crippen LogP contribution in [0.1, 0.15) is 47.6 Å². The molecule has 0 spiro atoms. The number of ether oxygens (including phenoxy) is 1. The minimum atomic E-state index is -4.64. The fourth-order valence-corrected chi connectivity index (χ4v) is 4.04. The highest BCUT2D eigenvalue weighted by molar-refractivity contribution is 6.06. The first-order valence-corrected chi connectivity index (χ1v) is 12.6. The Balaban J connectivity index is 1.50. The lowest BCUT2D eigenvalue weighted by atomic mass is 10.1. The molecule has 4 rings (SSSR count). The zero-order chi connectivity index (χ0) is 28.7. The summed E-state index contributed by atoms with van der Waals surface area (Å²) in [6.07, 6.45) is 5.82. The van der Waals surface area contributed by atoms with Crippen molar-refractivity contribution in [3.63, 3.8) is 0 Å². The summed E-state index contributed by atoms with van der Waals surface area (Å²) in [4.78, 5) is 17.5. The van der Waals surface area contributed by atoms with Gasteiger partial charge in [-0.3, -0.25) is 4.99 Å². The lowest BCUT2D eigenvalue weighted by molar-refractivity contribution is -0.0933. The molecule has 2 heterocycles. The number of hydrogen-bond acceptors (Lipinski definition) is 9. The Kier molecular flexibility index (Phi) is 9.25. The molecule has 40 heavy (non-hydrogen) atoms. The van der Waals surface area contributed by atoms with Crippen molar-refractivity contribution in [2.45, 2.75) is 44.4 Å². The van der Waals surface area contributed by atoms with Crippen LogP contribution in [0, 0.1) is 5.82 Å². The molecule has 1 N–H and O–H groups in total. The average Bonchev–Trinajstić information content (AvgIpc) is 3.75. The van der Waals surface area contributed by atoms with Crippen LogP contribution in [-0.2, 0) is 13.1 Å². The first kappa shape index (κ1) is 28.9. The van der Waals surface area contributed by atoms with Crippen LogP contribution in [0.4, 0.5) is 17.6 Å². The van der Waals surface area contributed by atoms with Crippen LogP contribution in [0.25, 0.3) is 0 Å². The molecular weight excluding hydrogens is 528 g/mol. The third-order valence-corrected chi connectivity index (χ3v) is 6.17. The summed E-state index contributed by atoms with van der Waals surface area (Å²) >= 11 is 0. The summed E-state index contributed by atoms with van der Waals surface area (Å²) in [6.45, 7) is 3.63. The van der Waals surface area contributed by atoms with Crippen molar-refractivity contribution >= 4 is 18.8 Å². The van der Waals surface area contributed by atoms with Gasteiger partial charge in [0, 0.05) is 44.0 Å². The number of allylic oxidation sites excluding steroid dienone is 2. The topological polar surface area (TPSA) is 90.6 Å². The third-order valence-electron chi connectivity index (χ3n) is 6.17. The summed E-state index contributed by atoms with van der Waals surface area (Å²) in [5.74, 6) is 0.544. The van der Waals surface area contributed by atoms with Crippen LogP contribution < -0.4 is 10.2 Å². The molecule has 0 saturated heterocycles. The lowest BCUT2D eigenvalue weighted by Crippen LogP contribution is -2.35. The average molecular weight is 559 g/mol. The van der Waals surface area contributed by atoms with Crippen LogP contribution in [0.15, 0.2) is 63.7 Å². The first-order chi connectivity index (χ1) is 19.2. The van der Waals surface area contributed by atoms with Gasteiger partial charge >= 0.3 is 6.18 Å². The van der Waals surface area contributed by atoms with Gasteiger partial charge in [-0.2, -0.15) is 13.2 Å². The van der Waals surface area contributed by atoms with Gasteiger partial charge in [-0.25, -0.2) is 29.9 Å². The van der Waals surface area contributed by atoms with Crippen LogP contribution in [0.3, 0.4) is 0 Å². The van der Waals surface area contributed by atoms with E-state index in [-0.39, 0.29) is 18.7 Å². The molecule has 1 fully saturated rings. The number of nitrogens with zero attached hydrogens (tertiary/aromatic N) is 7.